The zero-order valence-corrected chi connectivity index (χ0v) is 12.7. The second-order valence-electron chi connectivity index (χ2n) is 4.28. The zero-order chi connectivity index (χ0) is 15.4. The van der Waals surface area contributed by atoms with Crippen molar-refractivity contribution in [2.24, 2.45) is 0 Å². The summed E-state index contributed by atoms with van der Waals surface area (Å²) in [5.74, 6) is -0.304. The summed E-state index contributed by atoms with van der Waals surface area (Å²) in [6, 6.07) is 9.16. The molecule has 1 N–H and O–H groups in total. The molecule has 2 rings (SSSR count). The fourth-order valence-electron chi connectivity index (χ4n) is 1.82. The van der Waals surface area contributed by atoms with Crippen LogP contribution >= 0.6 is 15.9 Å². The first-order valence-electron chi connectivity index (χ1n) is 6.01. The first-order chi connectivity index (χ1) is 9.99. The van der Waals surface area contributed by atoms with E-state index in [-0.39, 0.29) is 11.4 Å². The van der Waals surface area contributed by atoms with E-state index in [4.69, 9.17) is 4.74 Å². The standard InChI is InChI=1S/C14H12BrFN2O3/c1-21-14-3-2-11(7-13(14)16)17-8-9-4-10(15)6-12(5-9)18(19)20/h2-7,17H,8H2,1H3. The predicted molar refractivity (Wildman–Crippen MR) is 81.1 cm³/mol. The Kier molecular flexibility index (Phi) is 4.74. The number of nitrogens with zero attached hydrogens (tertiary/aromatic N) is 1. The van der Waals surface area contributed by atoms with Crippen LogP contribution in [-0.2, 0) is 6.54 Å². The van der Waals surface area contributed by atoms with E-state index >= 15 is 0 Å². The van der Waals surface area contributed by atoms with E-state index in [0.717, 1.165) is 0 Å². The monoisotopic (exact) mass is 354 g/mol. The summed E-state index contributed by atoms with van der Waals surface area (Å²) >= 11 is 3.23. The van der Waals surface area contributed by atoms with Crippen LogP contribution in [0.5, 0.6) is 5.75 Å². The van der Waals surface area contributed by atoms with Gasteiger partial charge in [0.05, 0.1) is 12.0 Å². The van der Waals surface area contributed by atoms with Gasteiger partial charge in [0, 0.05) is 34.9 Å². The molecule has 21 heavy (non-hydrogen) atoms. The van der Waals surface area contributed by atoms with Crippen molar-refractivity contribution in [2.45, 2.75) is 6.54 Å². The first-order valence-corrected chi connectivity index (χ1v) is 6.80. The molecule has 110 valence electrons. The molecule has 0 atom stereocenters. The molecule has 0 amide bonds. The number of methoxy groups -OCH3 is 1. The second kappa shape index (κ2) is 6.53. The van der Waals surface area contributed by atoms with Crippen molar-refractivity contribution in [2.75, 3.05) is 12.4 Å². The number of ether oxygens (including phenoxy) is 1. The van der Waals surface area contributed by atoms with Crippen molar-refractivity contribution in [3.05, 3.63) is 62.4 Å². The van der Waals surface area contributed by atoms with E-state index < -0.39 is 10.7 Å². The molecule has 0 radical (unpaired) electrons. The minimum atomic E-state index is -0.470. The molecule has 5 nitrogen and oxygen atoms in total. The minimum Gasteiger partial charge on any atom is -0.494 e. The lowest BCUT2D eigenvalue weighted by Crippen LogP contribution is -2.01. The van der Waals surface area contributed by atoms with Crippen LogP contribution in [0.2, 0.25) is 0 Å². The molecule has 0 aliphatic carbocycles. The number of rotatable bonds is 5. The Morgan fingerprint density at radius 1 is 1.33 bits per heavy atom. The number of hydrogen-bond acceptors (Lipinski definition) is 4. The van der Waals surface area contributed by atoms with Gasteiger partial charge < -0.3 is 10.1 Å². The van der Waals surface area contributed by atoms with Gasteiger partial charge in [0.15, 0.2) is 11.6 Å². The van der Waals surface area contributed by atoms with Gasteiger partial charge in [-0.25, -0.2) is 4.39 Å². The van der Waals surface area contributed by atoms with Gasteiger partial charge >= 0.3 is 0 Å². The van der Waals surface area contributed by atoms with Crippen LogP contribution in [0.25, 0.3) is 0 Å². The van der Waals surface area contributed by atoms with Crippen LogP contribution in [0, 0.1) is 15.9 Å². The third-order valence-corrected chi connectivity index (χ3v) is 3.26. The Bertz CT molecular complexity index is 679. The number of non-ortho nitro benzene ring substituents is 1. The summed E-state index contributed by atoms with van der Waals surface area (Å²) < 4.78 is 19.0. The van der Waals surface area contributed by atoms with Gasteiger partial charge in [-0.15, -0.1) is 0 Å². The first kappa shape index (κ1) is 15.2. The molecule has 0 heterocycles. The highest BCUT2D eigenvalue weighted by Gasteiger charge is 2.09. The van der Waals surface area contributed by atoms with Crippen LogP contribution in [0.3, 0.4) is 0 Å². The number of anilines is 1. The lowest BCUT2D eigenvalue weighted by molar-refractivity contribution is -0.385. The van der Waals surface area contributed by atoms with Crippen LogP contribution in [0.15, 0.2) is 40.9 Å². The molecule has 0 saturated heterocycles. The SMILES string of the molecule is COc1ccc(NCc2cc(Br)cc([N+](=O)[O-])c2)cc1F. The number of nitro groups is 1. The van der Waals surface area contributed by atoms with Gasteiger partial charge in [0.2, 0.25) is 0 Å². The van der Waals surface area contributed by atoms with E-state index in [1.807, 2.05) is 0 Å². The highest BCUT2D eigenvalue weighted by molar-refractivity contribution is 9.10. The third kappa shape index (κ3) is 3.91. The Hall–Kier alpha value is -2.15. The summed E-state index contributed by atoms with van der Waals surface area (Å²) in [6.45, 7) is 0.339. The highest BCUT2D eigenvalue weighted by Crippen LogP contribution is 2.24. The average Bonchev–Trinajstić information content (AvgIpc) is 2.44. The van der Waals surface area contributed by atoms with E-state index in [0.29, 0.717) is 22.3 Å². The van der Waals surface area contributed by atoms with E-state index in [1.165, 1.54) is 31.4 Å². The summed E-state index contributed by atoms with van der Waals surface area (Å²) in [5.41, 5.74) is 1.28. The maximum atomic E-state index is 13.5. The molecule has 0 fully saturated rings. The molecule has 0 spiro atoms. The second-order valence-corrected chi connectivity index (χ2v) is 5.19. The molecule has 0 bridgehead atoms. The van der Waals surface area contributed by atoms with Crippen molar-refractivity contribution < 1.29 is 14.1 Å². The summed E-state index contributed by atoms with van der Waals surface area (Å²) in [7, 11) is 1.39. The van der Waals surface area contributed by atoms with Gasteiger partial charge in [-0.1, -0.05) is 15.9 Å². The maximum Gasteiger partial charge on any atom is 0.270 e. The Morgan fingerprint density at radius 3 is 2.71 bits per heavy atom. The van der Waals surface area contributed by atoms with Crippen LogP contribution in [0.4, 0.5) is 15.8 Å². The summed E-state index contributed by atoms with van der Waals surface area (Å²) in [5, 5.41) is 13.8. The number of nitrogens with one attached hydrogen (secondary N) is 1. The van der Waals surface area contributed by atoms with Gasteiger partial charge in [-0.2, -0.15) is 0 Å². The van der Waals surface area contributed by atoms with Crippen molar-refractivity contribution >= 4 is 27.3 Å². The smallest absolute Gasteiger partial charge is 0.270 e. The Balaban J connectivity index is 2.12. The molecule has 0 aromatic heterocycles. The van der Waals surface area contributed by atoms with Gasteiger partial charge in [-0.05, 0) is 23.8 Å². The molecular formula is C14H12BrFN2O3. The van der Waals surface area contributed by atoms with Crippen molar-refractivity contribution in [1.29, 1.82) is 0 Å². The molecule has 2 aromatic rings. The van der Waals surface area contributed by atoms with Crippen molar-refractivity contribution in [3.8, 4) is 5.75 Å². The number of halogens is 2. The summed E-state index contributed by atoms with van der Waals surface area (Å²) in [6.07, 6.45) is 0. The van der Waals surface area contributed by atoms with E-state index in [9.17, 15) is 14.5 Å². The van der Waals surface area contributed by atoms with E-state index in [1.54, 1.807) is 12.1 Å². The van der Waals surface area contributed by atoms with Crippen molar-refractivity contribution in [3.63, 3.8) is 0 Å². The topological polar surface area (TPSA) is 64.4 Å². The van der Waals surface area contributed by atoms with Crippen molar-refractivity contribution in [1.82, 2.24) is 0 Å². The molecule has 0 saturated carbocycles. The Morgan fingerprint density at radius 2 is 2.10 bits per heavy atom. The Labute approximate surface area is 129 Å². The maximum absolute atomic E-state index is 13.5. The molecule has 0 unspecified atom stereocenters. The minimum absolute atomic E-state index is 0.00193. The highest BCUT2D eigenvalue weighted by atomic mass is 79.9. The lowest BCUT2D eigenvalue weighted by Gasteiger charge is -2.09. The van der Waals surface area contributed by atoms with Gasteiger partial charge in [-0.3, -0.25) is 10.1 Å². The average molecular weight is 355 g/mol. The quantitative estimate of drug-likeness (QED) is 0.647. The van der Waals surface area contributed by atoms with Crippen LogP contribution in [-0.4, -0.2) is 12.0 Å². The zero-order valence-electron chi connectivity index (χ0n) is 11.1. The molecule has 0 aliphatic heterocycles. The number of benzene rings is 2. The van der Waals surface area contributed by atoms with Crippen LogP contribution < -0.4 is 10.1 Å². The third-order valence-electron chi connectivity index (χ3n) is 2.80. The number of nitro benzene ring substituents is 1. The fourth-order valence-corrected chi connectivity index (χ4v) is 2.35. The molecule has 0 aliphatic rings. The fraction of sp³-hybridized carbons (Fsp3) is 0.143. The predicted octanol–water partition coefficient (Wildman–Crippen LogP) is 4.12. The normalized spacial score (nSPS) is 10.2. The number of hydrogen-bond donors (Lipinski definition) is 1. The summed E-state index contributed by atoms with van der Waals surface area (Å²) in [4.78, 5) is 10.3. The molecule has 7 heteroatoms. The van der Waals surface area contributed by atoms with Gasteiger partial charge in [0.25, 0.3) is 5.69 Å². The molecular weight excluding hydrogens is 343 g/mol. The van der Waals surface area contributed by atoms with E-state index in [2.05, 4.69) is 21.2 Å². The lowest BCUT2D eigenvalue weighted by atomic mass is 10.2. The van der Waals surface area contributed by atoms with Gasteiger partial charge in [0.1, 0.15) is 0 Å². The van der Waals surface area contributed by atoms with Crippen LogP contribution in [0.1, 0.15) is 5.56 Å². The molecule has 2 aromatic carbocycles. The largest absolute Gasteiger partial charge is 0.494 e.